The third-order valence-electron chi connectivity index (χ3n) is 11.6. The van der Waals surface area contributed by atoms with Crippen molar-refractivity contribution in [2.45, 2.75) is 90.7 Å². The molecule has 266 valence electrons. The van der Waals surface area contributed by atoms with Crippen LogP contribution in [0.2, 0.25) is 6.32 Å². The van der Waals surface area contributed by atoms with Crippen LogP contribution in [0.3, 0.4) is 0 Å². The number of hydrogen-bond donors (Lipinski definition) is 2. The quantitative estimate of drug-likeness (QED) is 0.135. The number of carbonyl (C=O) groups is 2. The van der Waals surface area contributed by atoms with Crippen LogP contribution >= 0.6 is 0 Å². The molecule has 3 saturated heterocycles. The van der Waals surface area contributed by atoms with Gasteiger partial charge in [-0.3, -0.25) is 24.4 Å². The van der Waals surface area contributed by atoms with Gasteiger partial charge < -0.3 is 14.8 Å². The average molecular weight is 688 g/mol. The van der Waals surface area contributed by atoms with Gasteiger partial charge in [-0.25, -0.2) is 0 Å². The molecule has 0 bridgehead atoms. The molecule has 0 radical (unpaired) electrons. The number of phenols is 1. The number of pyridine rings is 1. The van der Waals surface area contributed by atoms with Gasteiger partial charge in [-0.15, -0.1) is 0 Å². The molecular formula is C42H50BN3O5. The van der Waals surface area contributed by atoms with Crippen molar-refractivity contribution in [3.8, 4) is 5.75 Å². The molecule has 2 N–H and O–H groups in total. The maximum absolute atomic E-state index is 14.4. The summed E-state index contributed by atoms with van der Waals surface area (Å²) in [6.45, 7) is 8.54. The molecule has 2 aromatic carbocycles. The molecule has 2 amide bonds. The molecule has 9 heteroatoms. The number of aromatic nitrogens is 1. The first-order chi connectivity index (χ1) is 24.7. The summed E-state index contributed by atoms with van der Waals surface area (Å²) in [5.41, 5.74) is 8.16. The highest BCUT2D eigenvalue weighted by Gasteiger charge is 2.58. The van der Waals surface area contributed by atoms with Gasteiger partial charge in [0.2, 0.25) is 11.8 Å². The van der Waals surface area contributed by atoms with Crippen molar-refractivity contribution in [3.05, 3.63) is 106 Å². The Morgan fingerprint density at radius 1 is 1.00 bits per heavy atom. The maximum atomic E-state index is 14.4. The number of aryl methyl sites for hydroxylation is 2. The number of nitrogens with zero attached hydrogens (tertiary/aromatic N) is 3. The standard InChI is InChI=1S/C42H50BN3O5/c1-4-10-32-24-34-39(42(49)46(41(34)48)33-16-19-45(20-17-33)26-29-11-6-5-7-12-29)35-25-43(50)51-37(38(32)35)15-14-31(36-13-8-9-18-44-36)23-30-21-27(2)40(47)28(3)22-30/h5-9,11-13,18,21-23,33-35,37,39,47,50H,4,10,14-17,19-20,24-26H2,1-3H3/b31-23-/t34-,35+,37-,39-/m1/s1. The van der Waals surface area contributed by atoms with Crippen molar-refractivity contribution in [1.29, 1.82) is 0 Å². The first-order valence-electron chi connectivity index (χ1n) is 18.8. The highest BCUT2D eigenvalue weighted by molar-refractivity contribution is 6.43. The minimum atomic E-state index is -1.01. The summed E-state index contributed by atoms with van der Waals surface area (Å²) in [6, 6.07) is 20.2. The zero-order valence-corrected chi connectivity index (χ0v) is 30.1. The fourth-order valence-corrected chi connectivity index (χ4v) is 9.25. The Balaban J connectivity index is 1.12. The molecule has 7 rings (SSSR count). The number of carbonyl (C=O) groups excluding carboxylic acids is 2. The van der Waals surface area contributed by atoms with Gasteiger partial charge in [-0.1, -0.05) is 55.3 Å². The number of hydrogen-bond acceptors (Lipinski definition) is 7. The van der Waals surface area contributed by atoms with Crippen LogP contribution in [0, 0.1) is 31.6 Å². The summed E-state index contributed by atoms with van der Waals surface area (Å²) < 4.78 is 6.34. The van der Waals surface area contributed by atoms with Gasteiger partial charge in [0.1, 0.15) is 5.75 Å². The molecule has 0 spiro atoms. The van der Waals surface area contributed by atoms with Crippen LogP contribution < -0.4 is 0 Å². The molecule has 1 aromatic heterocycles. The van der Waals surface area contributed by atoms with E-state index in [0.717, 1.165) is 78.8 Å². The molecule has 4 atom stereocenters. The van der Waals surface area contributed by atoms with Crippen LogP contribution in [0.15, 0.2) is 78.0 Å². The fourth-order valence-electron chi connectivity index (χ4n) is 9.25. The van der Waals surface area contributed by atoms with Crippen molar-refractivity contribution >= 4 is 30.6 Å². The van der Waals surface area contributed by atoms with E-state index in [2.05, 4.69) is 47.1 Å². The van der Waals surface area contributed by atoms with E-state index < -0.39 is 13.0 Å². The SMILES string of the molecule is CCCC1=C2[C@@H](CC/C(=C/c3cc(C)c(O)c(C)c3)c3ccccn3)OB(O)C[C@@H]2[C@@H]2C(=O)N(C3CCN(Cc4ccccc4)CC3)C(=O)[C@@H]2C1. The predicted molar refractivity (Wildman–Crippen MR) is 200 cm³/mol. The molecule has 4 aliphatic rings. The third kappa shape index (κ3) is 7.34. The van der Waals surface area contributed by atoms with Crippen molar-refractivity contribution in [2.75, 3.05) is 13.1 Å². The van der Waals surface area contributed by atoms with Crippen LogP contribution in [0.4, 0.5) is 0 Å². The monoisotopic (exact) mass is 687 g/mol. The van der Waals surface area contributed by atoms with Gasteiger partial charge in [0.25, 0.3) is 0 Å². The molecule has 3 fully saturated rings. The Morgan fingerprint density at radius 2 is 1.73 bits per heavy atom. The van der Waals surface area contributed by atoms with E-state index in [1.807, 2.05) is 50.2 Å². The Hall–Kier alpha value is -4.05. The minimum Gasteiger partial charge on any atom is -0.507 e. The molecule has 4 heterocycles. The summed E-state index contributed by atoms with van der Waals surface area (Å²) in [5.74, 6) is -0.805. The van der Waals surface area contributed by atoms with E-state index in [-0.39, 0.29) is 35.8 Å². The number of aromatic hydroxyl groups is 1. The highest BCUT2D eigenvalue weighted by atomic mass is 16.5. The Labute approximate surface area is 302 Å². The average Bonchev–Trinajstić information content (AvgIpc) is 3.38. The molecule has 3 aliphatic heterocycles. The highest BCUT2D eigenvalue weighted by Crippen LogP contribution is 2.52. The lowest BCUT2D eigenvalue weighted by Crippen LogP contribution is -2.48. The number of imide groups is 1. The van der Waals surface area contributed by atoms with Crippen LogP contribution in [0.25, 0.3) is 11.6 Å². The second-order valence-electron chi connectivity index (χ2n) is 15.0. The van der Waals surface area contributed by atoms with Crippen molar-refractivity contribution < 1.29 is 24.4 Å². The van der Waals surface area contributed by atoms with Crippen LogP contribution in [0.5, 0.6) is 5.75 Å². The fraction of sp³-hybridized carbons (Fsp3) is 0.452. The predicted octanol–water partition coefficient (Wildman–Crippen LogP) is 6.99. The lowest BCUT2D eigenvalue weighted by Gasteiger charge is -2.43. The van der Waals surface area contributed by atoms with E-state index in [9.17, 15) is 19.7 Å². The van der Waals surface area contributed by atoms with Crippen LogP contribution in [0.1, 0.15) is 79.8 Å². The van der Waals surface area contributed by atoms with Gasteiger partial charge in [-0.05, 0) is 128 Å². The zero-order chi connectivity index (χ0) is 35.6. The molecule has 3 aromatic rings. The van der Waals surface area contributed by atoms with Gasteiger partial charge in [0, 0.05) is 31.9 Å². The molecular weight excluding hydrogens is 637 g/mol. The summed E-state index contributed by atoms with van der Waals surface area (Å²) in [5, 5.41) is 21.5. The summed E-state index contributed by atoms with van der Waals surface area (Å²) in [6.07, 6.45) is 9.06. The van der Waals surface area contributed by atoms with E-state index in [0.29, 0.717) is 31.3 Å². The number of amides is 2. The van der Waals surface area contributed by atoms with Crippen molar-refractivity contribution in [1.82, 2.24) is 14.8 Å². The van der Waals surface area contributed by atoms with Gasteiger partial charge in [0.05, 0.1) is 23.6 Å². The second-order valence-corrected chi connectivity index (χ2v) is 15.0. The molecule has 51 heavy (non-hydrogen) atoms. The number of fused-ring (bicyclic) bond motifs is 3. The summed E-state index contributed by atoms with van der Waals surface area (Å²) >= 11 is 0. The second kappa shape index (κ2) is 15.3. The number of piperidine rings is 1. The lowest BCUT2D eigenvalue weighted by molar-refractivity contribution is -0.144. The number of allylic oxidation sites excluding steroid dienone is 2. The number of likely N-dealkylation sites (tertiary alicyclic amines) is 2. The van der Waals surface area contributed by atoms with Crippen LogP contribution in [-0.2, 0) is 20.8 Å². The van der Waals surface area contributed by atoms with E-state index in [1.165, 1.54) is 11.1 Å². The summed E-state index contributed by atoms with van der Waals surface area (Å²) in [4.78, 5) is 37.3. The zero-order valence-electron chi connectivity index (χ0n) is 30.1. The first-order valence-corrected chi connectivity index (χ1v) is 18.8. The normalized spacial score (nSPS) is 24.7. The number of phenolic OH excluding ortho intramolecular Hbond substituents is 1. The largest absolute Gasteiger partial charge is 0.507 e. The van der Waals surface area contributed by atoms with Gasteiger partial charge >= 0.3 is 7.12 Å². The van der Waals surface area contributed by atoms with E-state index in [4.69, 9.17) is 4.65 Å². The first kappa shape index (κ1) is 35.4. The maximum Gasteiger partial charge on any atom is 0.455 e. The van der Waals surface area contributed by atoms with E-state index >= 15 is 0 Å². The minimum absolute atomic E-state index is 0.0171. The molecule has 0 saturated carbocycles. The lowest BCUT2D eigenvalue weighted by atomic mass is 9.58. The Kier molecular flexibility index (Phi) is 10.6. The molecule has 8 nitrogen and oxygen atoms in total. The Bertz CT molecular complexity index is 1780. The molecule has 0 unspecified atom stereocenters. The number of rotatable bonds is 10. The smallest absolute Gasteiger partial charge is 0.455 e. The van der Waals surface area contributed by atoms with Crippen LogP contribution in [-0.4, -0.2) is 69.1 Å². The van der Waals surface area contributed by atoms with Crippen molar-refractivity contribution in [2.24, 2.45) is 17.8 Å². The van der Waals surface area contributed by atoms with Gasteiger partial charge in [-0.2, -0.15) is 0 Å². The summed E-state index contributed by atoms with van der Waals surface area (Å²) in [7, 11) is -1.01. The van der Waals surface area contributed by atoms with Gasteiger partial charge in [0.15, 0.2) is 0 Å². The molecule has 1 aliphatic carbocycles. The topological polar surface area (TPSA) is 103 Å². The third-order valence-corrected chi connectivity index (χ3v) is 11.6. The van der Waals surface area contributed by atoms with E-state index in [1.54, 1.807) is 11.1 Å². The van der Waals surface area contributed by atoms with Crippen molar-refractivity contribution in [3.63, 3.8) is 0 Å². The Morgan fingerprint density at radius 3 is 2.41 bits per heavy atom. The number of benzene rings is 2.